The Balaban J connectivity index is 1.61. The molecule has 2 aromatic carbocycles. The maximum atomic E-state index is 12.2. The highest BCUT2D eigenvalue weighted by molar-refractivity contribution is 5.94. The van der Waals surface area contributed by atoms with Crippen LogP contribution in [0.1, 0.15) is 39.9 Å². The Hall–Kier alpha value is -3.13. The van der Waals surface area contributed by atoms with Gasteiger partial charge in [0.1, 0.15) is 0 Å². The smallest absolute Gasteiger partial charge is 0.251 e. The minimum Gasteiger partial charge on any atom is -0.348 e. The first-order chi connectivity index (χ1) is 12.2. The summed E-state index contributed by atoms with van der Waals surface area (Å²) in [7, 11) is 0. The van der Waals surface area contributed by atoms with E-state index in [0.717, 1.165) is 24.1 Å². The number of rotatable bonds is 5. The zero-order chi connectivity index (χ0) is 17.6. The number of benzene rings is 2. The first-order valence-electron chi connectivity index (χ1n) is 8.29. The van der Waals surface area contributed by atoms with Crippen molar-refractivity contribution in [1.82, 2.24) is 10.2 Å². The van der Waals surface area contributed by atoms with Crippen LogP contribution in [0.3, 0.4) is 0 Å². The van der Waals surface area contributed by atoms with Gasteiger partial charge in [-0.05, 0) is 35.7 Å². The van der Waals surface area contributed by atoms with Crippen LogP contribution in [0.5, 0.6) is 0 Å². The van der Waals surface area contributed by atoms with Gasteiger partial charge in [0.25, 0.3) is 5.91 Å². The summed E-state index contributed by atoms with van der Waals surface area (Å²) in [5, 5.41) is 11.8. The van der Waals surface area contributed by atoms with E-state index in [1.165, 1.54) is 0 Å². The molecule has 0 saturated carbocycles. The first kappa shape index (κ1) is 16.7. The second-order valence-corrected chi connectivity index (χ2v) is 6.11. The van der Waals surface area contributed by atoms with Crippen LogP contribution >= 0.6 is 0 Å². The van der Waals surface area contributed by atoms with Crippen LogP contribution in [0.25, 0.3) is 0 Å². The Morgan fingerprint density at radius 3 is 2.72 bits per heavy atom. The van der Waals surface area contributed by atoms with Crippen molar-refractivity contribution in [1.29, 1.82) is 5.26 Å². The Labute approximate surface area is 146 Å². The van der Waals surface area contributed by atoms with Gasteiger partial charge in [-0.2, -0.15) is 5.26 Å². The molecule has 126 valence electrons. The number of carbonyl (C=O) groups excluding carboxylic acids is 2. The first-order valence-corrected chi connectivity index (χ1v) is 8.29. The van der Waals surface area contributed by atoms with Crippen LogP contribution in [-0.4, -0.2) is 23.3 Å². The lowest BCUT2D eigenvalue weighted by molar-refractivity contribution is -0.128. The number of nitrogens with one attached hydrogen (secondary N) is 1. The zero-order valence-corrected chi connectivity index (χ0v) is 13.9. The summed E-state index contributed by atoms with van der Waals surface area (Å²) in [5.41, 5.74) is 2.98. The summed E-state index contributed by atoms with van der Waals surface area (Å²) in [6.07, 6.45) is 1.56. The number of nitriles is 1. The second kappa shape index (κ2) is 7.63. The number of likely N-dealkylation sites (tertiary alicyclic amines) is 1. The minimum atomic E-state index is -0.211. The van der Waals surface area contributed by atoms with E-state index < -0.39 is 0 Å². The molecule has 3 rings (SSSR count). The van der Waals surface area contributed by atoms with Gasteiger partial charge in [0.05, 0.1) is 11.6 Å². The lowest BCUT2D eigenvalue weighted by Gasteiger charge is -2.16. The summed E-state index contributed by atoms with van der Waals surface area (Å²) in [6, 6.07) is 16.5. The molecule has 25 heavy (non-hydrogen) atoms. The van der Waals surface area contributed by atoms with E-state index in [1.54, 1.807) is 24.3 Å². The highest BCUT2D eigenvalue weighted by Gasteiger charge is 2.19. The molecule has 1 fully saturated rings. The van der Waals surface area contributed by atoms with Crippen LogP contribution in [0.4, 0.5) is 0 Å². The molecule has 1 aliphatic rings. The van der Waals surface area contributed by atoms with Gasteiger partial charge < -0.3 is 10.2 Å². The Morgan fingerprint density at radius 2 is 1.96 bits per heavy atom. The Kier molecular flexibility index (Phi) is 5.10. The molecule has 1 saturated heterocycles. The van der Waals surface area contributed by atoms with E-state index in [2.05, 4.69) is 5.32 Å². The molecule has 5 heteroatoms. The number of amides is 2. The molecule has 0 aliphatic carbocycles. The fourth-order valence-corrected chi connectivity index (χ4v) is 2.94. The minimum absolute atomic E-state index is 0.205. The third-order valence-electron chi connectivity index (χ3n) is 4.24. The Bertz CT molecular complexity index is 839. The summed E-state index contributed by atoms with van der Waals surface area (Å²) in [4.78, 5) is 25.8. The molecule has 0 unspecified atom stereocenters. The average molecular weight is 333 g/mol. The van der Waals surface area contributed by atoms with Crippen molar-refractivity contribution >= 4 is 11.8 Å². The van der Waals surface area contributed by atoms with E-state index in [1.807, 2.05) is 35.2 Å². The van der Waals surface area contributed by atoms with Gasteiger partial charge in [-0.3, -0.25) is 9.59 Å². The number of hydrogen-bond acceptors (Lipinski definition) is 3. The van der Waals surface area contributed by atoms with Gasteiger partial charge in [0.15, 0.2) is 0 Å². The van der Waals surface area contributed by atoms with Crippen molar-refractivity contribution in [3.63, 3.8) is 0 Å². The van der Waals surface area contributed by atoms with Crippen molar-refractivity contribution in [3.05, 3.63) is 70.8 Å². The molecule has 0 radical (unpaired) electrons. The highest BCUT2D eigenvalue weighted by atomic mass is 16.2. The van der Waals surface area contributed by atoms with Crippen molar-refractivity contribution in [2.45, 2.75) is 25.9 Å². The molecule has 1 heterocycles. The van der Waals surface area contributed by atoms with Crippen LogP contribution in [0.2, 0.25) is 0 Å². The third-order valence-corrected chi connectivity index (χ3v) is 4.24. The molecule has 0 bridgehead atoms. The maximum absolute atomic E-state index is 12.2. The van der Waals surface area contributed by atoms with E-state index in [9.17, 15) is 9.59 Å². The van der Waals surface area contributed by atoms with Crippen LogP contribution in [-0.2, 0) is 17.9 Å². The van der Waals surface area contributed by atoms with Gasteiger partial charge in [0, 0.05) is 31.6 Å². The molecule has 1 N–H and O–H groups in total. The van der Waals surface area contributed by atoms with Crippen LogP contribution < -0.4 is 5.32 Å². The van der Waals surface area contributed by atoms with Crippen LogP contribution in [0.15, 0.2) is 48.5 Å². The number of hydrogen-bond donors (Lipinski definition) is 1. The molecule has 0 aromatic heterocycles. The molecule has 2 amide bonds. The van der Waals surface area contributed by atoms with Gasteiger partial charge in [-0.15, -0.1) is 0 Å². The standard InChI is InChI=1S/C20H19N3O2/c21-12-15-4-2-7-18(11-15)20(25)22-13-16-5-1-6-17(10-16)14-23-9-3-8-19(23)24/h1-2,4-7,10-11H,3,8-9,13-14H2,(H,22,25). The molecular formula is C20H19N3O2. The van der Waals surface area contributed by atoms with Crippen molar-refractivity contribution < 1.29 is 9.59 Å². The van der Waals surface area contributed by atoms with E-state index in [4.69, 9.17) is 5.26 Å². The van der Waals surface area contributed by atoms with E-state index >= 15 is 0 Å². The summed E-state index contributed by atoms with van der Waals surface area (Å²) in [6.45, 7) is 1.83. The largest absolute Gasteiger partial charge is 0.348 e. The Morgan fingerprint density at radius 1 is 1.16 bits per heavy atom. The number of nitrogens with zero attached hydrogens (tertiary/aromatic N) is 2. The second-order valence-electron chi connectivity index (χ2n) is 6.11. The fraction of sp³-hybridized carbons (Fsp3) is 0.250. The highest BCUT2D eigenvalue weighted by Crippen LogP contribution is 2.15. The van der Waals surface area contributed by atoms with Crippen molar-refractivity contribution in [3.8, 4) is 6.07 Å². The van der Waals surface area contributed by atoms with Crippen LogP contribution in [0, 0.1) is 11.3 Å². The van der Waals surface area contributed by atoms with Gasteiger partial charge in [-0.1, -0.05) is 30.3 Å². The topological polar surface area (TPSA) is 73.2 Å². The average Bonchev–Trinajstić information content (AvgIpc) is 3.04. The lowest BCUT2D eigenvalue weighted by atomic mass is 10.1. The van der Waals surface area contributed by atoms with Crippen molar-refractivity contribution in [2.75, 3.05) is 6.54 Å². The SMILES string of the molecule is N#Cc1cccc(C(=O)NCc2cccc(CN3CCCC3=O)c2)c1. The van der Waals surface area contributed by atoms with Gasteiger partial charge in [-0.25, -0.2) is 0 Å². The predicted octanol–water partition coefficient (Wildman–Crippen LogP) is 2.61. The summed E-state index contributed by atoms with van der Waals surface area (Å²) in [5.74, 6) is -0.00620. The maximum Gasteiger partial charge on any atom is 0.251 e. The third kappa shape index (κ3) is 4.24. The van der Waals surface area contributed by atoms with Crippen molar-refractivity contribution in [2.24, 2.45) is 0 Å². The molecule has 2 aromatic rings. The molecule has 0 spiro atoms. The summed E-state index contributed by atoms with van der Waals surface area (Å²) < 4.78 is 0. The molecule has 0 atom stereocenters. The zero-order valence-electron chi connectivity index (χ0n) is 13.9. The number of carbonyl (C=O) groups is 2. The summed E-state index contributed by atoms with van der Waals surface area (Å²) >= 11 is 0. The fourth-order valence-electron chi connectivity index (χ4n) is 2.94. The predicted molar refractivity (Wildman–Crippen MR) is 93.4 cm³/mol. The van der Waals surface area contributed by atoms with E-state index in [-0.39, 0.29) is 11.8 Å². The lowest BCUT2D eigenvalue weighted by Crippen LogP contribution is -2.24. The monoisotopic (exact) mass is 333 g/mol. The van der Waals surface area contributed by atoms with Gasteiger partial charge >= 0.3 is 0 Å². The van der Waals surface area contributed by atoms with Gasteiger partial charge in [0.2, 0.25) is 5.91 Å². The normalized spacial score (nSPS) is 13.6. The quantitative estimate of drug-likeness (QED) is 0.914. The molecule has 1 aliphatic heterocycles. The molecular weight excluding hydrogens is 314 g/mol. The molecule has 5 nitrogen and oxygen atoms in total. The van der Waals surface area contributed by atoms with E-state index in [0.29, 0.717) is 30.6 Å².